The number of carbonyl (C=O) groups is 2. The molecule has 1 heterocycles. The first-order chi connectivity index (χ1) is 14.6. The number of thioether (sulfide) groups is 1. The quantitative estimate of drug-likeness (QED) is 0.361. The van der Waals surface area contributed by atoms with E-state index >= 15 is 0 Å². The third-order valence-corrected chi connectivity index (χ3v) is 6.02. The van der Waals surface area contributed by atoms with Gasteiger partial charge in [-0.25, -0.2) is 4.79 Å². The van der Waals surface area contributed by atoms with Gasteiger partial charge in [-0.2, -0.15) is 0 Å². The van der Waals surface area contributed by atoms with Gasteiger partial charge in [0, 0.05) is 12.5 Å². The molecule has 1 N–H and O–H groups in total. The lowest BCUT2D eigenvalue weighted by atomic mass is 9.89. The van der Waals surface area contributed by atoms with E-state index in [4.69, 9.17) is 4.74 Å². The van der Waals surface area contributed by atoms with Crippen LogP contribution in [0.15, 0.2) is 42.1 Å². The molecule has 1 aromatic carbocycles. The molecule has 0 atom stereocenters. The Kier molecular flexibility index (Phi) is 8.07. The highest BCUT2D eigenvalue weighted by molar-refractivity contribution is 7.99. The monoisotopic (exact) mass is 428 g/mol. The van der Waals surface area contributed by atoms with Crippen molar-refractivity contribution >= 4 is 29.3 Å². The van der Waals surface area contributed by atoms with E-state index in [9.17, 15) is 9.59 Å². The lowest BCUT2D eigenvalue weighted by molar-refractivity contribution is -0.113. The zero-order valence-electron chi connectivity index (χ0n) is 17.3. The summed E-state index contributed by atoms with van der Waals surface area (Å²) in [5.74, 6) is 0.904. The van der Waals surface area contributed by atoms with Gasteiger partial charge in [0.05, 0.1) is 23.6 Å². The van der Waals surface area contributed by atoms with Gasteiger partial charge in [0.25, 0.3) is 0 Å². The normalized spacial score (nSPS) is 14.3. The van der Waals surface area contributed by atoms with Crippen LogP contribution in [0.3, 0.4) is 0 Å². The maximum Gasteiger partial charge on any atom is 0.340 e. The largest absolute Gasteiger partial charge is 0.462 e. The van der Waals surface area contributed by atoms with Crippen LogP contribution in [0.5, 0.6) is 0 Å². The molecular formula is C22H28N4O3S. The number of anilines is 1. The zero-order valence-corrected chi connectivity index (χ0v) is 18.1. The summed E-state index contributed by atoms with van der Waals surface area (Å²) in [5, 5.41) is 12.3. The number of benzene rings is 1. The van der Waals surface area contributed by atoms with Crippen molar-refractivity contribution in [3.05, 3.63) is 48.3 Å². The maximum absolute atomic E-state index is 12.5. The Labute approximate surface area is 181 Å². The van der Waals surface area contributed by atoms with Crippen molar-refractivity contribution < 1.29 is 14.3 Å². The van der Waals surface area contributed by atoms with Crippen LogP contribution in [0.4, 0.5) is 5.69 Å². The van der Waals surface area contributed by atoms with Crippen LogP contribution < -0.4 is 5.32 Å². The summed E-state index contributed by atoms with van der Waals surface area (Å²) in [6, 6.07) is 6.83. The molecule has 7 nitrogen and oxygen atoms in total. The standard InChI is InChI=1S/C22H28N4O3S/c1-3-14-26-20(16-10-6-5-7-11-16)24-25-22(26)30-15-19(27)23-18-13-9-8-12-17(18)21(28)29-4-2/h3,8-9,12-13,16H,1,4-7,10-11,14-15H2,2H3,(H,23,27). The van der Waals surface area contributed by atoms with Gasteiger partial charge in [-0.15, -0.1) is 16.8 Å². The summed E-state index contributed by atoms with van der Waals surface area (Å²) in [4.78, 5) is 24.6. The number of nitrogens with zero attached hydrogens (tertiary/aromatic N) is 3. The van der Waals surface area contributed by atoms with E-state index in [1.165, 1.54) is 31.0 Å². The number of allylic oxidation sites excluding steroid dienone is 1. The summed E-state index contributed by atoms with van der Waals surface area (Å²) in [6.07, 6.45) is 7.81. The van der Waals surface area contributed by atoms with Gasteiger partial charge in [0.15, 0.2) is 5.16 Å². The second kappa shape index (κ2) is 11.0. The van der Waals surface area contributed by atoms with E-state index in [0.29, 0.717) is 28.9 Å². The SMILES string of the molecule is C=CCn1c(SCC(=O)Nc2ccccc2C(=O)OCC)nnc1C1CCCCC1. The molecule has 1 aliphatic rings. The third kappa shape index (κ3) is 5.50. The van der Waals surface area contributed by atoms with E-state index in [1.807, 2.05) is 6.08 Å². The van der Waals surface area contributed by atoms with Crippen molar-refractivity contribution in [2.24, 2.45) is 0 Å². The van der Waals surface area contributed by atoms with E-state index in [-0.39, 0.29) is 18.3 Å². The smallest absolute Gasteiger partial charge is 0.340 e. The highest BCUT2D eigenvalue weighted by atomic mass is 32.2. The average Bonchev–Trinajstić information content (AvgIpc) is 3.16. The summed E-state index contributed by atoms with van der Waals surface area (Å²) in [6.45, 7) is 6.49. The van der Waals surface area contributed by atoms with Gasteiger partial charge < -0.3 is 14.6 Å². The van der Waals surface area contributed by atoms with Gasteiger partial charge in [-0.1, -0.05) is 49.2 Å². The topological polar surface area (TPSA) is 86.1 Å². The summed E-state index contributed by atoms with van der Waals surface area (Å²) in [7, 11) is 0. The molecule has 30 heavy (non-hydrogen) atoms. The van der Waals surface area contributed by atoms with Crippen LogP contribution in [0, 0.1) is 0 Å². The molecule has 1 amide bonds. The fourth-order valence-electron chi connectivity index (χ4n) is 3.67. The predicted octanol–water partition coefficient (Wildman–Crippen LogP) is 4.42. The van der Waals surface area contributed by atoms with Gasteiger partial charge in [-0.3, -0.25) is 4.79 Å². The first-order valence-corrected chi connectivity index (χ1v) is 11.3. The number of para-hydroxylation sites is 1. The molecule has 0 unspecified atom stereocenters. The Morgan fingerprint density at radius 1 is 1.27 bits per heavy atom. The molecule has 8 heteroatoms. The molecule has 1 aromatic heterocycles. The molecule has 2 aromatic rings. The van der Waals surface area contributed by atoms with Gasteiger partial charge in [0.2, 0.25) is 5.91 Å². The maximum atomic E-state index is 12.5. The lowest BCUT2D eigenvalue weighted by Crippen LogP contribution is -2.18. The van der Waals surface area contributed by atoms with Crippen LogP contribution in [-0.2, 0) is 16.1 Å². The molecule has 0 saturated heterocycles. The minimum atomic E-state index is -0.455. The molecule has 3 rings (SSSR count). The van der Waals surface area contributed by atoms with Crippen molar-refractivity contribution in [3.8, 4) is 0 Å². The number of carbonyl (C=O) groups excluding carboxylic acids is 2. The molecule has 0 radical (unpaired) electrons. The van der Waals surface area contributed by atoms with Crippen molar-refractivity contribution in [1.29, 1.82) is 0 Å². The molecule has 0 spiro atoms. The number of nitrogens with one attached hydrogen (secondary N) is 1. The highest BCUT2D eigenvalue weighted by Crippen LogP contribution is 2.33. The van der Waals surface area contributed by atoms with Crippen LogP contribution in [-0.4, -0.2) is 39.0 Å². The first kappa shape index (κ1) is 22.1. The third-order valence-electron chi connectivity index (χ3n) is 5.06. The number of rotatable bonds is 9. The Morgan fingerprint density at radius 3 is 2.77 bits per heavy atom. The predicted molar refractivity (Wildman–Crippen MR) is 118 cm³/mol. The fraction of sp³-hybridized carbons (Fsp3) is 0.455. The first-order valence-electron chi connectivity index (χ1n) is 10.4. The lowest BCUT2D eigenvalue weighted by Gasteiger charge is -2.21. The second-order valence-corrected chi connectivity index (χ2v) is 8.12. The Morgan fingerprint density at radius 2 is 2.03 bits per heavy atom. The van der Waals surface area contributed by atoms with Crippen LogP contribution >= 0.6 is 11.8 Å². The molecule has 0 aliphatic heterocycles. The van der Waals surface area contributed by atoms with Gasteiger partial charge in [-0.05, 0) is 31.9 Å². The fourth-order valence-corrected chi connectivity index (χ4v) is 4.42. The Balaban J connectivity index is 1.66. The van der Waals surface area contributed by atoms with Gasteiger partial charge in [0.1, 0.15) is 5.82 Å². The molecule has 0 bridgehead atoms. The van der Waals surface area contributed by atoms with E-state index in [0.717, 1.165) is 18.7 Å². The van der Waals surface area contributed by atoms with Crippen molar-refractivity contribution in [2.75, 3.05) is 17.7 Å². The summed E-state index contributed by atoms with van der Waals surface area (Å²) < 4.78 is 7.12. The Bertz CT molecular complexity index is 890. The minimum absolute atomic E-state index is 0.164. The molecule has 1 aliphatic carbocycles. The van der Waals surface area contributed by atoms with Crippen molar-refractivity contribution in [1.82, 2.24) is 14.8 Å². The molecule has 160 valence electrons. The molecule has 1 saturated carbocycles. The molecule has 1 fully saturated rings. The summed E-state index contributed by atoms with van der Waals surface area (Å²) in [5.41, 5.74) is 0.782. The highest BCUT2D eigenvalue weighted by Gasteiger charge is 2.23. The zero-order chi connectivity index (χ0) is 21.3. The average molecular weight is 429 g/mol. The van der Waals surface area contributed by atoms with Gasteiger partial charge >= 0.3 is 5.97 Å². The second-order valence-electron chi connectivity index (χ2n) is 7.18. The van der Waals surface area contributed by atoms with Crippen LogP contribution in [0.25, 0.3) is 0 Å². The number of ether oxygens (including phenoxy) is 1. The van der Waals surface area contributed by atoms with Crippen LogP contribution in [0.2, 0.25) is 0 Å². The Hall–Kier alpha value is -2.61. The number of amides is 1. The molecular weight excluding hydrogens is 400 g/mol. The van der Waals surface area contributed by atoms with Crippen LogP contribution in [0.1, 0.15) is 61.1 Å². The number of aromatic nitrogens is 3. The van der Waals surface area contributed by atoms with Crippen molar-refractivity contribution in [3.63, 3.8) is 0 Å². The van der Waals surface area contributed by atoms with E-state index in [1.54, 1.807) is 31.2 Å². The number of hydrogen-bond acceptors (Lipinski definition) is 6. The number of esters is 1. The van der Waals surface area contributed by atoms with E-state index in [2.05, 4.69) is 26.7 Å². The summed E-state index contributed by atoms with van der Waals surface area (Å²) >= 11 is 1.34. The van der Waals surface area contributed by atoms with Crippen molar-refractivity contribution in [2.45, 2.75) is 56.6 Å². The minimum Gasteiger partial charge on any atom is -0.462 e. The number of hydrogen-bond donors (Lipinski definition) is 1. The van der Waals surface area contributed by atoms with E-state index < -0.39 is 5.97 Å².